The van der Waals surface area contributed by atoms with Crippen LogP contribution in [0, 0.1) is 35.2 Å². The lowest BCUT2D eigenvalue weighted by Gasteiger charge is -2.41. The molecule has 0 N–H and O–H groups in total. The molecule has 164 valence electrons. The number of ether oxygens (including phenoxy) is 1. The lowest BCUT2D eigenvalue weighted by molar-refractivity contribution is 0.132. The molecule has 4 heteroatoms. The standard InChI is InChI=1S/C27H29F3O/c1-3-13-31-25-12-11-23(26(29)27(25)30)21-9-10-22(24(28)16-21)20-8-7-18-14-17(4-2)5-6-19(18)15-20/h3-4,9-12,16-20H,1-2,5-8,13-15H2. The average molecular weight is 427 g/mol. The lowest BCUT2D eigenvalue weighted by atomic mass is 9.64. The molecule has 2 fully saturated rings. The molecule has 0 bridgehead atoms. The second-order valence-corrected chi connectivity index (χ2v) is 8.91. The van der Waals surface area contributed by atoms with Gasteiger partial charge in [-0.3, -0.25) is 0 Å². The van der Waals surface area contributed by atoms with Crippen molar-refractivity contribution in [3.8, 4) is 16.9 Å². The third kappa shape index (κ3) is 4.44. The molecule has 0 aliphatic heterocycles. The first-order valence-electron chi connectivity index (χ1n) is 11.2. The highest BCUT2D eigenvalue weighted by atomic mass is 19.2. The molecule has 4 rings (SSSR count). The molecule has 2 aliphatic carbocycles. The van der Waals surface area contributed by atoms with Crippen LogP contribution in [0.25, 0.3) is 11.1 Å². The Hall–Kier alpha value is -2.49. The van der Waals surface area contributed by atoms with Crippen LogP contribution < -0.4 is 4.74 Å². The van der Waals surface area contributed by atoms with Gasteiger partial charge in [-0.2, -0.15) is 4.39 Å². The Balaban J connectivity index is 1.52. The Bertz CT molecular complexity index is 967. The molecule has 4 atom stereocenters. The highest BCUT2D eigenvalue weighted by Gasteiger charge is 2.36. The van der Waals surface area contributed by atoms with E-state index in [0.29, 0.717) is 28.9 Å². The summed E-state index contributed by atoms with van der Waals surface area (Å²) in [7, 11) is 0. The maximum absolute atomic E-state index is 15.1. The van der Waals surface area contributed by atoms with Crippen molar-refractivity contribution < 1.29 is 17.9 Å². The molecule has 2 saturated carbocycles. The van der Waals surface area contributed by atoms with E-state index in [9.17, 15) is 8.78 Å². The summed E-state index contributed by atoms with van der Waals surface area (Å²) in [6, 6.07) is 7.57. The van der Waals surface area contributed by atoms with Crippen LogP contribution >= 0.6 is 0 Å². The van der Waals surface area contributed by atoms with Crippen molar-refractivity contribution in [1.29, 1.82) is 0 Å². The van der Waals surface area contributed by atoms with Crippen molar-refractivity contribution in [3.63, 3.8) is 0 Å². The van der Waals surface area contributed by atoms with Gasteiger partial charge in [0.05, 0.1) is 0 Å². The van der Waals surface area contributed by atoms with Gasteiger partial charge in [0.15, 0.2) is 11.6 Å². The molecule has 0 radical (unpaired) electrons. The van der Waals surface area contributed by atoms with Crippen LogP contribution in [0.4, 0.5) is 13.2 Å². The summed E-state index contributed by atoms with van der Waals surface area (Å²) in [6.07, 6.45) is 10.2. The minimum Gasteiger partial charge on any atom is -0.486 e. The van der Waals surface area contributed by atoms with Gasteiger partial charge in [-0.1, -0.05) is 30.9 Å². The van der Waals surface area contributed by atoms with Crippen molar-refractivity contribution in [1.82, 2.24) is 0 Å². The first kappa shape index (κ1) is 21.7. The summed E-state index contributed by atoms with van der Waals surface area (Å²) in [5.74, 6) is -0.457. The van der Waals surface area contributed by atoms with Gasteiger partial charge in [0.2, 0.25) is 5.82 Å². The Kier molecular flexibility index (Phi) is 6.54. The van der Waals surface area contributed by atoms with Crippen LogP contribution in [0.15, 0.2) is 55.6 Å². The van der Waals surface area contributed by atoms with E-state index in [2.05, 4.69) is 19.2 Å². The van der Waals surface area contributed by atoms with E-state index < -0.39 is 11.6 Å². The molecule has 2 aliphatic rings. The summed E-state index contributed by atoms with van der Waals surface area (Å²) in [5, 5.41) is 0. The average Bonchev–Trinajstić information content (AvgIpc) is 2.79. The van der Waals surface area contributed by atoms with E-state index in [1.54, 1.807) is 12.1 Å². The first-order valence-corrected chi connectivity index (χ1v) is 11.2. The van der Waals surface area contributed by atoms with Crippen LogP contribution in [0.3, 0.4) is 0 Å². The topological polar surface area (TPSA) is 9.23 Å². The predicted octanol–water partition coefficient (Wildman–Crippen LogP) is 7.82. The van der Waals surface area contributed by atoms with E-state index in [1.165, 1.54) is 43.5 Å². The predicted molar refractivity (Wildman–Crippen MR) is 119 cm³/mol. The number of hydrogen-bond donors (Lipinski definition) is 0. The van der Waals surface area contributed by atoms with Gasteiger partial charge < -0.3 is 4.74 Å². The summed E-state index contributed by atoms with van der Waals surface area (Å²) < 4.78 is 49.1. The van der Waals surface area contributed by atoms with Gasteiger partial charge >= 0.3 is 0 Å². The SMILES string of the molecule is C=CCOc1ccc(-c2ccc(C3CCC4CC(C=C)CCC4C3)c(F)c2)c(F)c1F. The van der Waals surface area contributed by atoms with Gasteiger partial charge in [0, 0.05) is 5.56 Å². The number of rotatable bonds is 6. The highest BCUT2D eigenvalue weighted by molar-refractivity contribution is 5.66. The molecule has 2 aromatic carbocycles. The molecule has 1 nitrogen and oxygen atoms in total. The van der Waals surface area contributed by atoms with Crippen molar-refractivity contribution >= 4 is 0 Å². The largest absolute Gasteiger partial charge is 0.486 e. The zero-order chi connectivity index (χ0) is 22.0. The number of halogens is 3. The third-order valence-electron chi connectivity index (χ3n) is 7.14. The molecule has 0 saturated heterocycles. The maximum atomic E-state index is 15.1. The normalized spacial score (nSPS) is 25.5. The zero-order valence-corrected chi connectivity index (χ0v) is 17.8. The van der Waals surface area contributed by atoms with E-state index in [4.69, 9.17) is 4.74 Å². The van der Waals surface area contributed by atoms with Crippen LogP contribution in [0.2, 0.25) is 0 Å². The first-order chi connectivity index (χ1) is 15.0. The minimum absolute atomic E-state index is 0.0281. The van der Waals surface area contributed by atoms with Crippen molar-refractivity contribution in [2.75, 3.05) is 6.61 Å². The fraction of sp³-hybridized carbons (Fsp3) is 0.407. The number of hydrogen-bond acceptors (Lipinski definition) is 1. The van der Waals surface area contributed by atoms with E-state index in [0.717, 1.165) is 19.3 Å². The van der Waals surface area contributed by atoms with Gasteiger partial charge in [0.25, 0.3) is 0 Å². The minimum atomic E-state index is -1.07. The molecule has 0 heterocycles. The van der Waals surface area contributed by atoms with Gasteiger partial charge in [0.1, 0.15) is 12.4 Å². The smallest absolute Gasteiger partial charge is 0.201 e. The number of allylic oxidation sites excluding steroid dienone is 1. The summed E-state index contributed by atoms with van der Waals surface area (Å²) in [5.41, 5.74) is 1.05. The fourth-order valence-corrected chi connectivity index (χ4v) is 5.46. The Morgan fingerprint density at radius 3 is 2.42 bits per heavy atom. The van der Waals surface area contributed by atoms with E-state index in [1.807, 2.05) is 0 Å². The van der Waals surface area contributed by atoms with E-state index in [-0.39, 0.29) is 29.7 Å². The quantitative estimate of drug-likeness (QED) is 0.428. The highest BCUT2D eigenvalue weighted by Crippen LogP contribution is 2.48. The Labute approximate surface area is 182 Å². The third-order valence-corrected chi connectivity index (χ3v) is 7.14. The molecule has 2 aromatic rings. The number of fused-ring (bicyclic) bond motifs is 1. The van der Waals surface area contributed by atoms with Crippen LogP contribution in [-0.2, 0) is 0 Å². The zero-order valence-electron chi connectivity index (χ0n) is 17.8. The Morgan fingerprint density at radius 2 is 1.68 bits per heavy atom. The second kappa shape index (κ2) is 9.33. The number of benzene rings is 2. The van der Waals surface area contributed by atoms with Gasteiger partial charge in [-0.25, -0.2) is 8.78 Å². The van der Waals surface area contributed by atoms with Crippen LogP contribution in [0.1, 0.15) is 50.0 Å². The molecule has 31 heavy (non-hydrogen) atoms. The van der Waals surface area contributed by atoms with Gasteiger partial charge in [-0.15, -0.1) is 6.58 Å². The molecule has 0 aromatic heterocycles. The summed E-state index contributed by atoms with van der Waals surface area (Å²) >= 11 is 0. The fourth-order valence-electron chi connectivity index (χ4n) is 5.46. The van der Waals surface area contributed by atoms with Gasteiger partial charge in [-0.05, 0) is 91.5 Å². The van der Waals surface area contributed by atoms with Crippen LogP contribution in [0.5, 0.6) is 5.75 Å². The molecular weight excluding hydrogens is 397 g/mol. The second-order valence-electron chi connectivity index (χ2n) is 8.91. The molecule has 4 unspecified atom stereocenters. The van der Waals surface area contributed by atoms with Crippen LogP contribution in [-0.4, -0.2) is 6.61 Å². The molecule has 0 spiro atoms. The van der Waals surface area contributed by atoms with Crippen molar-refractivity contribution in [2.45, 2.75) is 44.4 Å². The molecular formula is C27H29F3O. The van der Waals surface area contributed by atoms with Crippen molar-refractivity contribution in [3.05, 3.63) is 78.7 Å². The van der Waals surface area contributed by atoms with Crippen molar-refractivity contribution in [2.24, 2.45) is 17.8 Å². The Morgan fingerprint density at radius 1 is 0.903 bits per heavy atom. The summed E-state index contributed by atoms with van der Waals surface area (Å²) in [6.45, 7) is 7.52. The summed E-state index contributed by atoms with van der Waals surface area (Å²) in [4.78, 5) is 0. The monoisotopic (exact) mass is 426 g/mol. The lowest BCUT2D eigenvalue weighted by Crippen LogP contribution is -2.30. The van der Waals surface area contributed by atoms with E-state index >= 15 is 4.39 Å². The molecule has 0 amide bonds. The maximum Gasteiger partial charge on any atom is 0.201 e.